The Morgan fingerprint density at radius 1 is 1.14 bits per heavy atom. The van der Waals surface area contributed by atoms with Crippen LogP contribution in [0.25, 0.3) is 11.1 Å². The Bertz CT molecular complexity index is 798. The third-order valence-corrected chi connectivity index (χ3v) is 3.92. The number of rotatable bonds is 5. The lowest BCUT2D eigenvalue weighted by Gasteiger charge is -2.19. The van der Waals surface area contributed by atoms with Gasteiger partial charge in [-0.3, -0.25) is 4.98 Å². The highest BCUT2D eigenvalue weighted by atomic mass is 16.4. The van der Waals surface area contributed by atoms with Crippen molar-refractivity contribution in [2.24, 2.45) is 17.4 Å². The quantitative estimate of drug-likeness (QED) is 0.705. The highest BCUT2D eigenvalue weighted by molar-refractivity contribution is 5.98. The number of aryl methyl sites for hydroxylation is 2. The fourth-order valence-electron chi connectivity index (χ4n) is 2.88. The van der Waals surface area contributed by atoms with Gasteiger partial charge in [0.25, 0.3) is 0 Å². The van der Waals surface area contributed by atoms with Crippen molar-refractivity contribution in [1.82, 2.24) is 4.98 Å². The maximum Gasteiger partial charge on any atom is 0.338 e. The molecule has 1 aromatic heterocycles. The van der Waals surface area contributed by atoms with Gasteiger partial charge in [0.1, 0.15) is 0 Å². The zero-order valence-electron chi connectivity index (χ0n) is 18.3. The number of nitrogens with zero attached hydrogens (tertiary/aromatic N) is 1. The van der Waals surface area contributed by atoms with E-state index in [0.717, 1.165) is 28.8 Å². The first-order valence-corrected chi connectivity index (χ1v) is 9.66. The van der Waals surface area contributed by atoms with Crippen LogP contribution in [0.5, 0.6) is 0 Å². The first kappa shape index (κ1) is 23.8. The molecule has 0 amide bonds. The molecule has 28 heavy (non-hydrogen) atoms. The lowest BCUT2D eigenvalue weighted by molar-refractivity contribution is 0.0696. The summed E-state index contributed by atoms with van der Waals surface area (Å²) in [5.41, 5.74) is 16.6. The Balaban J connectivity index is 0.000000696. The molecule has 1 aromatic carbocycles. The largest absolute Gasteiger partial charge is 0.478 e. The number of aromatic nitrogens is 1. The number of aromatic carboxylic acids is 1. The molecule has 0 aliphatic rings. The molecule has 0 bridgehead atoms. The lowest BCUT2D eigenvalue weighted by Crippen LogP contribution is -2.26. The second-order valence-electron chi connectivity index (χ2n) is 8.71. The number of carbonyl (C=O) groups is 1. The van der Waals surface area contributed by atoms with E-state index in [4.69, 9.17) is 11.5 Å². The average Bonchev–Trinajstić information content (AvgIpc) is 2.52. The van der Waals surface area contributed by atoms with Gasteiger partial charge in [0.05, 0.1) is 11.3 Å². The van der Waals surface area contributed by atoms with Crippen molar-refractivity contribution < 1.29 is 9.90 Å². The first-order valence-electron chi connectivity index (χ1n) is 9.66. The van der Waals surface area contributed by atoms with Gasteiger partial charge in [0.15, 0.2) is 0 Å². The lowest BCUT2D eigenvalue weighted by atomic mass is 9.90. The second kappa shape index (κ2) is 9.80. The fourth-order valence-corrected chi connectivity index (χ4v) is 2.88. The van der Waals surface area contributed by atoms with E-state index in [1.165, 1.54) is 0 Å². The van der Waals surface area contributed by atoms with E-state index >= 15 is 0 Å². The summed E-state index contributed by atoms with van der Waals surface area (Å²) in [5, 5.41) is 9.67. The topological polar surface area (TPSA) is 102 Å². The Morgan fingerprint density at radius 3 is 2.04 bits per heavy atom. The predicted octanol–water partition coefficient (Wildman–Crippen LogP) is 4.46. The molecule has 5 heteroatoms. The van der Waals surface area contributed by atoms with Crippen LogP contribution in [0, 0.1) is 19.8 Å². The van der Waals surface area contributed by atoms with Crippen molar-refractivity contribution >= 4 is 5.97 Å². The summed E-state index contributed by atoms with van der Waals surface area (Å²) in [6.07, 6.45) is 0.784. The minimum atomic E-state index is -0.962. The van der Waals surface area contributed by atoms with Crippen LogP contribution in [0.15, 0.2) is 24.3 Å². The number of hydrogen-bond donors (Lipinski definition) is 3. The molecule has 2 aromatic rings. The molecule has 0 fully saturated rings. The highest BCUT2D eigenvalue weighted by Crippen LogP contribution is 2.32. The molecule has 0 radical (unpaired) electrons. The molecule has 5 nitrogen and oxygen atoms in total. The normalized spacial score (nSPS) is 11.2. The Kier molecular flexibility index (Phi) is 8.33. The van der Waals surface area contributed by atoms with Crippen molar-refractivity contribution in [1.29, 1.82) is 0 Å². The molecule has 0 saturated heterocycles. The van der Waals surface area contributed by atoms with Gasteiger partial charge in [-0.1, -0.05) is 43.7 Å². The van der Waals surface area contributed by atoms with E-state index in [1.54, 1.807) is 6.92 Å². The monoisotopic (exact) mass is 385 g/mol. The van der Waals surface area contributed by atoms with Gasteiger partial charge in [-0.15, -0.1) is 0 Å². The highest BCUT2D eigenvalue weighted by Gasteiger charge is 2.23. The summed E-state index contributed by atoms with van der Waals surface area (Å²) in [4.78, 5) is 16.4. The molecule has 2 rings (SSSR count). The van der Waals surface area contributed by atoms with Gasteiger partial charge in [-0.25, -0.2) is 4.79 Å². The number of carboxylic acids is 1. The maximum absolute atomic E-state index is 11.8. The molecular formula is C23H35N3O2. The van der Waals surface area contributed by atoms with Crippen molar-refractivity contribution in [2.45, 2.75) is 67.0 Å². The molecule has 0 saturated carbocycles. The van der Waals surface area contributed by atoms with Crippen molar-refractivity contribution in [3.63, 3.8) is 0 Å². The zero-order valence-corrected chi connectivity index (χ0v) is 18.3. The van der Waals surface area contributed by atoms with E-state index in [2.05, 4.69) is 18.8 Å². The number of carboxylic acid groups (broad SMARTS) is 1. The molecule has 0 aliphatic heterocycles. The van der Waals surface area contributed by atoms with Gasteiger partial charge in [0.2, 0.25) is 0 Å². The van der Waals surface area contributed by atoms with Gasteiger partial charge in [-0.05, 0) is 58.1 Å². The molecule has 0 unspecified atom stereocenters. The molecule has 0 aliphatic carbocycles. The molecule has 1 heterocycles. The Hall–Kier alpha value is -2.24. The number of pyridine rings is 1. The van der Waals surface area contributed by atoms with Crippen LogP contribution in [0.4, 0.5) is 0 Å². The van der Waals surface area contributed by atoms with Gasteiger partial charge in [-0.2, -0.15) is 0 Å². The summed E-state index contributed by atoms with van der Waals surface area (Å²) in [6, 6.07) is 7.88. The fraction of sp³-hybridized carbons (Fsp3) is 0.478. The third-order valence-electron chi connectivity index (χ3n) is 3.92. The van der Waals surface area contributed by atoms with E-state index in [0.29, 0.717) is 17.2 Å². The van der Waals surface area contributed by atoms with Gasteiger partial charge >= 0.3 is 5.97 Å². The third kappa shape index (κ3) is 7.06. The second-order valence-corrected chi connectivity index (χ2v) is 8.71. The van der Waals surface area contributed by atoms with Crippen molar-refractivity contribution in [2.75, 3.05) is 0 Å². The minimum absolute atomic E-state index is 0. The predicted molar refractivity (Wildman–Crippen MR) is 116 cm³/mol. The number of hydrogen-bond acceptors (Lipinski definition) is 4. The smallest absolute Gasteiger partial charge is 0.338 e. The van der Waals surface area contributed by atoms with Crippen LogP contribution < -0.4 is 11.5 Å². The summed E-state index contributed by atoms with van der Waals surface area (Å²) in [5.74, 6) is -0.537. The molecule has 0 spiro atoms. The summed E-state index contributed by atoms with van der Waals surface area (Å²) in [7, 11) is 0. The van der Waals surface area contributed by atoms with E-state index in [9.17, 15) is 9.90 Å². The zero-order chi connectivity index (χ0) is 21.6. The Labute approximate surface area is 169 Å². The number of benzene rings is 1. The van der Waals surface area contributed by atoms with E-state index in [-0.39, 0.29) is 17.6 Å². The molecule has 0 atom stereocenters. The van der Waals surface area contributed by atoms with Crippen molar-refractivity contribution in [3.8, 4) is 11.1 Å². The summed E-state index contributed by atoms with van der Waals surface area (Å²) < 4.78 is 0. The van der Waals surface area contributed by atoms with E-state index < -0.39 is 5.97 Å². The van der Waals surface area contributed by atoms with Gasteiger partial charge in [0, 0.05) is 23.3 Å². The minimum Gasteiger partial charge on any atom is -0.478 e. The molecular weight excluding hydrogens is 350 g/mol. The standard InChI is InChI=1S/C19H24N2O2.C4H11N/c1-11(2)9-16-15(10-20)18(14-7-5-12(3)6-8-14)17(19(22)23)13(4)21-16;1-4(2,3)5/h5-8,11H,9-10,20H2,1-4H3,(H,22,23);5H2,1-3H3. The van der Waals surface area contributed by atoms with Crippen LogP contribution in [0.3, 0.4) is 0 Å². The van der Waals surface area contributed by atoms with E-state index in [1.807, 2.05) is 52.0 Å². The molecule has 154 valence electrons. The first-order chi connectivity index (χ1) is 12.8. The summed E-state index contributed by atoms with van der Waals surface area (Å²) >= 11 is 0. The number of nitrogens with two attached hydrogens (primary N) is 2. The van der Waals surface area contributed by atoms with Crippen LogP contribution in [0.1, 0.15) is 67.5 Å². The Morgan fingerprint density at radius 2 is 1.64 bits per heavy atom. The van der Waals surface area contributed by atoms with Crippen LogP contribution >= 0.6 is 0 Å². The molecule has 5 N–H and O–H groups in total. The van der Waals surface area contributed by atoms with Crippen LogP contribution in [-0.2, 0) is 13.0 Å². The van der Waals surface area contributed by atoms with Crippen LogP contribution in [-0.4, -0.2) is 21.6 Å². The maximum atomic E-state index is 11.8. The average molecular weight is 386 g/mol. The van der Waals surface area contributed by atoms with Gasteiger partial charge < -0.3 is 16.6 Å². The van der Waals surface area contributed by atoms with Crippen LogP contribution in [0.2, 0.25) is 0 Å². The SMILES string of the molecule is CC(C)(C)N.Cc1ccc(-c2c(CN)c(CC(C)C)nc(C)c2C(=O)O)cc1. The summed E-state index contributed by atoms with van der Waals surface area (Å²) in [6.45, 7) is 14.2. The van der Waals surface area contributed by atoms with Crippen molar-refractivity contribution in [3.05, 3.63) is 52.3 Å².